The molecule has 2 aromatic carbocycles. The second-order valence-corrected chi connectivity index (χ2v) is 10.8. The van der Waals surface area contributed by atoms with E-state index in [1.807, 2.05) is 47.4 Å². The summed E-state index contributed by atoms with van der Waals surface area (Å²) in [5.74, 6) is -1.01. The molecule has 3 rings (SSSR count). The van der Waals surface area contributed by atoms with Crippen LogP contribution in [0.25, 0.3) is 0 Å². The van der Waals surface area contributed by atoms with Crippen molar-refractivity contribution in [2.24, 2.45) is 0 Å². The summed E-state index contributed by atoms with van der Waals surface area (Å²) in [5.41, 5.74) is 2.64. The summed E-state index contributed by atoms with van der Waals surface area (Å²) in [5, 5.41) is 10.6. The predicted octanol–water partition coefficient (Wildman–Crippen LogP) is 2.40. The highest BCUT2D eigenvalue weighted by Crippen LogP contribution is 2.24. The maximum Gasteiger partial charge on any atom is 0.407 e. The van der Waals surface area contributed by atoms with Gasteiger partial charge >= 0.3 is 16.4 Å². The number of benzene rings is 2. The maximum absolute atomic E-state index is 13.6. The summed E-state index contributed by atoms with van der Waals surface area (Å²) < 4.78 is 37.7. The molecule has 0 aliphatic rings. The van der Waals surface area contributed by atoms with E-state index in [0.29, 0.717) is 17.8 Å². The van der Waals surface area contributed by atoms with E-state index in [-0.39, 0.29) is 18.7 Å². The number of rotatable bonds is 13. The van der Waals surface area contributed by atoms with Crippen molar-refractivity contribution in [1.82, 2.24) is 20.9 Å². The van der Waals surface area contributed by atoms with E-state index in [9.17, 15) is 22.8 Å². The third-order valence-electron chi connectivity index (χ3n) is 5.70. The van der Waals surface area contributed by atoms with Crippen LogP contribution in [0, 0.1) is 0 Å². The average Bonchev–Trinajstić information content (AvgIpc) is 3.41. The number of thiazole rings is 1. The van der Waals surface area contributed by atoms with E-state index >= 15 is 0 Å². The van der Waals surface area contributed by atoms with Crippen molar-refractivity contribution < 1.29 is 32.1 Å². The SMILES string of the molecule is CCc1csc(C(Cc2ccc(NS(=O)(=O)O)cc2)NC(=O)C(Cc2ccccc2)NC(=O)CNC(=O)OC)n1. The van der Waals surface area contributed by atoms with Gasteiger partial charge in [0.25, 0.3) is 0 Å². The van der Waals surface area contributed by atoms with E-state index < -0.39 is 40.3 Å². The fraction of sp³-hybridized carbons (Fsp3) is 0.308. The summed E-state index contributed by atoms with van der Waals surface area (Å²) in [4.78, 5) is 42.1. The number of hydrogen-bond acceptors (Lipinski definition) is 8. The van der Waals surface area contributed by atoms with Crippen LogP contribution in [0.5, 0.6) is 0 Å². The highest BCUT2D eigenvalue weighted by atomic mass is 32.2. The van der Waals surface area contributed by atoms with Crippen LogP contribution in [0.15, 0.2) is 60.0 Å². The number of amides is 3. The van der Waals surface area contributed by atoms with Crippen LogP contribution in [0.4, 0.5) is 10.5 Å². The molecule has 2 unspecified atom stereocenters. The lowest BCUT2D eigenvalue weighted by Gasteiger charge is -2.23. The molecule has 0 spiro atoms. The van der Waals surface area contributed by atoms with Crippen LogP contribution < -0.4 is 20.7 Å². The highest BCUT2D eigenvalue weighted by Gasteiger charge is 2.26. The number of alkyl carbamates (subject to hydrolysis) is 1. The van der Waals surface area contributed by atoms with Crippen LogP contribution in [0.1, 0.15) is 34.8 Å². The quantitative estimate of drug-likeness (QED) is 0.189. The van der Waals surface area contributed by atoms with Crippen molar-refractivity contribution >= 4 is 45.2 Å². The summed E-state index contributed by atoms with van der Waals surface area (Å²) in [6.07, 6.45) is 0.474. The lowest BCUT2D eigenvalue weighted by Crippen LogP contribution is -2.51. The zero-order valence-electron chi connectivity index (χ0n) is 21.9. The third kappa shape index (κ3) is 9.94. The van der Waals surface area contributed by atoms with Crippen molar-refractivity contribution in [1.29, 1.82) is 0 Å². The van der Waals surface area contributed by atoms with Gasteiger partial charge in [-0.15, -0.1) is 11.3 Å². The standard InChI is InChI=1S/C26H31N5O7S2/c1-3-19-16-39-25(28-19)22(14-18-9-11-20(12-10-18)31-40(35,36)37)30-24(33)21(13-17-7-5-4-6-8-17)29-23(32)15-27-26(34)38-2/h4-12,16,21-22,31H,3,13-15H2,1-2H3,(H,27,34)(H,29,32)(H,30,33)(H,35,36,37). The van der Waals surface area contributed by atoms with E-state index in [2.05, 4.69) is 25.7 Å². The van der Waals surface area contributed by atoms with Gasteiger partial charge in [-0.2, -0.15) is 8.42 Å². The maximum atomic E-state index is 13.6. The zero-order valence-corrected chi connectivity index (χ0v) is 23.6. The van der Waals surface area contributed by atoms with E-state index in [1.165, 1.54) is 30.6 Å². The van der Waals surface area contributed by atoms with Gasteiger partial charge in [-0.1, -0.05) is 49.4 Å². The first-order valence-electron chi connectivity index (χ1n) is 12.3. The fourth-order valence-electron chi connectivity index (χ4n) is 3.74. The molecular formula is C26H31N5O7S2. The Balaban J connectivity index is 1.81. The molecule has 12 nitrogen and oxygen atoms in total. The van der Waals surface area contributed by atoms with Gasteiger partial charge in [-0.3, -0.25) is 18.9 Å². The molecule has 214 valence electrons. The summed E-state index contributed by atoms with van der Waals surface area (Å²) >= 11 is 1.40. The average molecular weight is 590 g/mol. The number of ether oxygens (including phenoxy) is 1. The Morgan fingerprint density at radius 1 is 1.00 bits per heavy atom. The lowest BCUT2D eigenvalue weighted by atomic mass is 10.0. The second-order valence-electron chi connectivity index (χ2n) is 8.72. The lowest BCUT2D eigenvalue weighted by molar-refractivity contribution is -0.129. The highest BCUT2D eigenvalue weighted by molar-refractivity contribution is 7.87. The number of aryl methyl sites for hydroxylation is 1. The van der Waals surface area contributed by atoms with Gasteiger partial charge in [0.05, 0.1) is 24.5 Å². The molecule has 1 aromatic heterocycles. The Kier molecular flexibility index (Phi) is 11.0. The number of hydrogen-bond donors (Lipinski definition) is 5. The van der Waals surface area contributed by atoms with Crippen LogP contribution in [-0.2, 0) is 43.9 Å². The van der Waals surface area contributed by atoms with E-state index in [0.717, 1.165) is 16.8 Å². The number of anilines is 1. The molecule has 0 radical (unpaired) electrons. The minimum atomic E-state index is -4.41. The third-order valence-corrected chi connectivity index (χ3v) is 7.20. The van der Waals surface area contributed by atoms with Gasteiger partial charge in [0.2, 0.25) is 11.8 Å². The smallest absolute Gasteiger partial charge is 0.407 e. The molecule has 5 N–H and O–H groups in total. The molecule has 0 bridgehead atoms. The molecule has 0 aliphatic carbocycles. The van der Waals surface area contributed by atoms with Crippen LogP contribution in [0.2, 0.25) is 0 Å². The molecule has 14 heteroatoms. The fourth-order valence-corrected chi connectivity index (χ4v) is 5.13. The molecule has 3 amide bonds. The van der Waals surface area contributed by atoms with Crippen LogP contribution in [0.3, 0.4) is 0 Å². The topological polar surface area (TPSA) is 176 Å². The van der Waals surface area contributed by atoms with Gasteiger partial charge in [-0.25, -0.2) is 9.78 Å². The Morgan fingerprint density at radius 3 is 2.27 bits per heavy atom. The number of carbonyl (C=O) groups is 3. The number of aromatic nitrogens is 1. The molecular weight excluding hydrogens is 558 g/mol. The Morgan fingerprint density at radius 2 is 1.68 bits per heavy atom. The van der Waals surface area contributed by atoms with Crippen molar-refractivity contribution in [3.05, 3.63) is 81.8 Å². The predicted molar refractivity (Wildman–Crippen MR) is 150 cm³/mol. The number of carbonyl (C=O) groups excluding carboxylic acids is 3. The first-order chi connectivity index (χ1) is 19.1. The van der Waals surface area contributed by atoms with Crippen molar-refractivity contribution in [3.63, 3.8) is 0 Å². The molecule has 0 saturated carbocycles. The number of nitrogens with zero attached hydrogens (tertiary/aromatic N) is 1. The van der Waals surface area contributed by atoms with Gasteiger partial charge in [0.1, 0.15) is 17.6 Å². The zero-order chi connectivity index (χ0) is 29.1. The van der Waals surface area contributed by atoms with Gasteiger partial charge in [-0.05, 0) is 36.1 Å². The van der Waals surface area contributed by atoms with Crippen molar-refractivity contribution in [2.45, 2.75) is 38.3 Å². The Labute approximate surface area is 236 Å². The van der Waals surface area contributed by atoms with Crippen molar-refractivity contribution in [2.75, 3.05) is 18.4 Å². The minimum Gasteiger partial charge on any atom is -0.453 e. The van der Waals surface area contributed by atoms with Gasteiger partial charge < -0.3 is 20.7 Å². The monoisotopic (exact) mass is 589 g/mol. The van der Waals surface area contributed by atoms with Crippen LogP contribution >= 0.6 is 11.3 Å². The second kappa shape index (κ2) is 14.4. The molecule has 2 atom stereocenters. The first kappa shape index (κ1) is 30.5. The summed E-state index contributed by atoms with van der Waals surface area (Å²) in [7, 11) is -3.23. The molecule has 40 heavy (non-hydrogen) atoms. The molecule has 3 aromatic rings. The summed E-state index contributed by atoms with van der Waals surface area (Å²) in [6.45, 7) is 1.60. The van der Waals surface area contributed by atoms with Crippen LogP contribution in [-0.4, -0.2) is 55.6 Å². The Bertz CT molecular complexity index is 1400. The van der Waals surface area contributed by atoms with Gasteiger partial charge in [0.15, 0.2) is 0 Å². The van der Waals surface area contributed by atoms with Gasteiger partial charge in [0, 0.05) is 11.8 Å². The number of nitrogens with one attached hydrogen (secondary N) is 4. The molecule has 0 fully saturated rings. The Hall–Kier alpha value is -4.01. The first-order valence-corrected chi connectivity index (χ1v) is 14.6. The minimum absolute atomic E-state index is 0.181. The van der Waals surface area contributed by atoms with E-state index in [1.54, 1.807) is 12.1 Å². The molecule has 0 aliphatic heterocycles. The summed E-state index contributed by atoms with van der Waals surface area (Å²) in [6, 6.07) is 14.0. The largest absolute Gasteiger partial charge is 0.453 e. The molecule has 1 heterocycles. The molecule has 0 saturated heterocycles. The van der Waals surface area contributed by atoms with Crippen molar-refractivity contribution in [3.8, 4) is 0 Å². The van der Waals surface area contributed by atoms with E-state index in [4.69, 9.17) is 4.55 Å². The normalized spacial score (nSPS) is 12.6. The number of methoxy groups -OCH3 is 1.